The zero-order chi connectivity index (χ0) is 22.2. The molecule has 31 heavy (non-hydrogen) atoms. The summed E-state index contributed by atoms with van der Waals surface area (Å²) in [6.45, 7) is 3.27. The number of alkyl halides is 3. The number of hydrogen-bond acceptors (Lipinski definition) is 7. The number of halogens is 3. The van der Waals surface area contributed by atoms with Crippen molar-refractivity contribution in [2.24, 2.45) is 5.73 Å². The van der Waals surface area contributed by atoms with Crippen LogP contribution in [0.15, 0.2) is 29.6 Å². The van der Waals surface area contributed by atoms with Crippen LogP contribution in [0.25, 0.3) is 0 Å². The summed E-state index contributed by atoms with van der Waals surface area (Å²) >= 11 is 1.26. The number of carbonyl (C=O) groups is 1. The van der Waals surface area contributed by atoms with Gasteiger partial charge in [0.05, 0.1) is 16.5 Å². The molecule has 2 aliphatic heterocycles. The van der Waals surface area contributed by atoms with E-state index in [0.29, 0.717) is 28.6 Å². The van der Waals surface area contributed by atoms with Gasteiger partial charge < -0.3 is 21.1 Å². The molecule has 0 radical (unpaired) electrons. The van der Waals surface area contributed by atoms with E-state index < -0.39 is 22.9 Å². The highest BCUT2D eigenvalue weighted by molar-refractivity contribution is 8.01. The molecule has 2 aromatic rings. The fourth-order valence-electron chi connectivity index (χ4n) is 3.79. The smallest absolute Gasteiger partial charge is 0.416 e. The molecule has 3 atom stereocenters. The predicted octanol–water partition coefficient (Wildman–Crippen LogP) is 3.43. The largest absolute Gasteiger partial charge is 0.487 e. The van der Waals surface area contributed by atoms with E-state index in [-0.39, 0.29) is 17.8 Å². The molecule has 4 rings (SSSR count). The molecule has 1 aromatic carbocycles. The fraction of sp³-hybridized carbons (Fsp3) is 0.450. The van der Waals surface area contributed by atoms with Crippen molar-refractivity contribution in [3.8, 4) is 5.75 Å². The molecular weight excluding hydrogens is 431 g/mol. The number of carbonyl (C=O) groups excluding carboxylic acids is 1. The second-order valence-electron chi connectivity index (χ2n) is 7.59. The summed E-state index contributed by atoms with van der Waals surface area (Å²) in [7, 11) is 0. The first kappa shape index (κ1) is 21.7. The van der Waals surface area contributed by atoms with Crippen molar-refractivity contribution in [3.63, 3.8) is 0 Å². The second kappa shape index (κ2) is 8.54. The minimum atomic E-state index is -4.49. The standard InChI is InChI=1S/C20H22F3N5O2S/c1-10-15-18(26-9-27-19(15)31-16(10)17(24)29)28-13-5-4-11(20(21,22)23)7-14(13)30-12-3-2-6-25-8-12/h4-5,7,9-10,12,16,25H,2-3,6,8H2,1H3,(H2,24,29)(H,26,27,28)/t10?,12-,16?/m0/s1. The Morgan fingerprint density at radius 3 is 2.84 bits per heavy atom. The van der Waals surface area contributed by atoms with Crippen molar-refractivity contribution < 1.29 is 22.7 Å². The maximum absolute atomic E-state index is 13.3. The molecule has 1 fully saturated rings. The molecule has 2 aliphatic rings. The minimum absolute atomic E-state index is 0.0978. The first-order valence-corrected chi connectivity index (χ1v) is 10.8. The number of fused-ring (bicyclic) bond motifs is 1. The minimum Gasteiger partial charge on any atom is -0.487 e. The first-order valence-electron chi connectivity index (χ1n) is 9.90. The number of amides is 1. The van der Waals surface area contributed by atoms with Gasteiger partial charge in [0.25, 0.3) is 0 Å². The molecule has 11 heteroatoms. The van der Waals surface area contributed by atoms with Crippen LogP contribution in [0.5, 0.6) is 5.75 Å². The van der Waals surface area contributed by atoms with Gasteiger partial charge in [0.1, 0.15) is 29.0 Å². The molecular formula is C20H22F3N5O2S. The number of aromatic nitrogens is 2. The summed E-state index contributed by atoms with van der Waals surface area (Å²) in [4.78, 5) is 20.3. The summed E-state index contributed by atoms with van der Waals surface area (Å²) < 4.78 is 45.9. The van der Waals surface area contributed by atoms with Gasteiger partial charge in [-0.05, 0) is 37.6 Å². The van der Waals surface area contributed by atoms with Crippen molar-refractivity contribution in [2.75, 3.05) is 18.4 Å². The van der Waals surface area contributed by atoms with Crippen LogP contribution in [-0.2, 0) is 11.0 Å². The van der Waals surface area contributed by atoms with Crippen LogP contribution in [0.4, 0.5) is 24.7 Å². The highest BCUT2D eigenvalue weighted by Crippen LogP contribution is 2.47. The van der Waals surface area contributed by atoms with Crippen molar-refractivity contribution >= 4 is 29.2 Å². The number of nitrogens with zero attached hydrogens (tertiary/aromatic N) is 2. The van der Waals surface area contributed by atoms with Gasteiger partial charge in [0.15, 0.2) is 0 Å². The van der Waals surface area contributed by atoms with E-state index in [1.807, 2.05) is 6.92 Å². The molecule has 1 saturated heterocycles. The predicted molar refractivity (Wildman–Crippen MR) is 111 cm³/mol. The molecule has 2 unspecified atom stereocenters. The molecule has 3 heterocycles. The third-order valence-corrected chi connectivity index (χ3v) is 6.83. The number of anilines is 2. The monoisotopic (exact) mass is 453 g/mol. The third-order valence-electron chi connectivity index (χ3n) is 5.38. The second-order valence-corrected chi connectivity index (χ2v) is 8.72. The molecule has 0 aliphatic carbocycles. The number of rotatable bonds is 5. The number of thioether (sulfide) groups is 1. The van der Waals surface area contributed by atoms with Crippen LogP contribution in [0.1, 0.15) is 36.8 Å². The molecule has 0 bridgehead atoms. The van der Waals surface area contributed by atoms with Gasteiger partial charge in [-0.25, -0.2) is 9.97 Å². The molecule has 0 spiro atoms. The van der Waals surface area contributed by atoms with Crippen LogP contribution < -0.4 is 21.1 Å². The van der Waals surface area contributed by atoms with Gasteiger partial charge in [-0.2, -0.15) is 13.2 Å². The van der Waals surface area contributed by atoms with Gasteiger partial charge >= 0.3 is 6.18 Å². The highest BCUT2D eigenvalue weighted by Gasteiger charge is 2.38. The molecule has 0 saturated carbocycles. The lowest BCUT2D eigenvalue weighted by Gasteiger charge is -2.26. The third kappa shape index (κ3) is 4.57. The van der Waals surface area contributed by atoms with Crippen molar-refractivity contribution in [2.45, 2.75) is 48.2 Å². The summed E-state index contributed by atoms with van der Waals surface area (Å²) in [6, 6.07) is 3.34. The summed E-state index contributed by atoms with van der Waals surface area (Å²) in [5.74, 6) is -0.187. The van der Waals surface area contributed by atoms with E-state index in [2.05, 4.69) is 20.6 Å². The number of hydrogen-bond donors (Lipinski definition) is 3. The topological polar surface area (TPSA) is 102 Å². The first-order chi connectivity index (χ1) is 14.7. The number of primary amides is 1. The van der Waals surface area contributed by atoms with E-state index in [1.54, 1.807) is 0 Å². The average Bonchev–Trinajstić information content (AvgIpc) is 3.07. The number of ether oxygens (including phenoxy) is 1. The average molecular weight is 453 g/mol. The van der Waals surface area contributed by atoms with Crippen LogP contribution in [-0.4, -0.2) is 40.3 Å². The van der Waals surface area contributed by atoms with Crippen LogP contribution in [0, 0.1) is 0 Å². The number of benzene rings is 1. The van der Waals surface area contributed by atoms with Crippen LogP contribution in [0.3, 0.4) is 0 Å². The maximum atomic E-state index is 13.3. The lowest BCUT2D eigenvalue weighted by molar-refractivity contribution is -0.137. The lowest BCUT2D eigenvalue weighted by Crippen LogP contribution is -2.37. The molecule has 1 aromatic heterocycles. The normalized spacial score (nSPS) is 23.3. The summed E-state index contributed by atoms with van der Waals surface area (Å²) in [5.41, 5.74) is 5.78. The van der Waals surface area contributed by atoms with Gasteiger partial charge in [-0.1, -0.05) is 18.7 Å². The Hall–Kier alpha value is -2.53. The number of nitrogens with two attached hydrogens (primary N) is 1. The summed E-state index contributed by atoms with van der Waals surface area (Å²) in [5, 5.41) is 6.43. The highest BCUT2D eigenvalue weighted by atomic mass is 32.2. The Bertz CT molecular complexity index is 982. The van der Waals surface area contributed by atoms with E-state index >= 15 is 0 Å². The van der Waals surface area contributed by atoms with E-state index in [4.69, 9.17) is 10.5 Å². The molecule has 166 valence electrons. The lowest BCUT2D eigenvalue weighted by atomic mass is 9.99. The molecule has 4 N–H and O–H groups in total. The zero-order valence-electron chi connectivity index (χ0n) is 16.7. The Morgan fingerprint density at radius 2 is 2.16 bits per heavy atom. The Kier molecular flexibility index (Phi) is 5.98. The van der Waals surface area contributed by atoms with Crippen LogP contribution in [0.2, 0.25) is 0 Å². The molecule has 7 nitrogen and oxygen atoms in total. The zero-order valence-corrected chi connectivity index (χ0v) is 17.5. The summed E-state index contributed by atoms with van der Waals surface area (Å²) in [6.07, 6.45) is -1.74. The number of nitrogens with one attached hydrogen (secondary N) is 2. The number of piperidine rings is 1. The van der Waals surface area contributed by atoms with Gasteiger partial charge in [0, 0.05) is 18.0 Å². The van der Waals surface area contributed by atoms with Crippen molar-refractivity contribution in [3.05, 3.63) is 35.7 Å². The van der Waals surface area contributed by atoms with Crippen molar-refractivity contribution in [1.82, 2.24) is 15.3 Å². The van der Waals surface area contributed by atoms with Gasteiger partial charge in [-0.3, -0.25) is 4.79 Å². The van der Waals surface area contributed by atoms with E-state index in [9.17, 15) is 18.0 Å². The van der Waals surface area contributed by atoms with E-state index in [1.165, 1.54) is 24.2 Å². The maximum Gasteiger partial charge on any atom is 0.416 e. The quantitative estimate of drug-likeness (QED) is 0.596. The SMILES string of the molecule is CC1c2c(Nc3ccc(C(F)(F)F)cc3O[C@H]3CCCNC3)ncnc2SC1C(N)=O. The Balaban J connectivity index is 1.67. The molecule has 1 amide bonds. The Labute approximate surface area is 181 Å². The van der Waals surface area contributed by atoms with Crippen LogP contribution >= 0.6 is 11.8 Å². The van der Waals surface area contributed by atoms with Crippen molar-refractivity contribution in [1.29, 1.82) is 0 Å². The Morgan fingerprint density at radius 1 is 1.35 bits per heavy atom. The van der Waals surface area contributed by atoms with E-state index in [0.717, 1.165) is 31.5 Å². The van der Waals surface area contributed by atoms with Gasteiger partial charge in [-0.15, -0.1) is 0 Å². The van der Waals surface area contributed by atoms with Gasteiger partial charge in [0.2, 0.25) is 5.91 Å². The fourth-order valence-corrected chi connectivity index (χ4v) is 5.00.